The molecule has 21 heavy (non-hydrogen) atoms. The Kier molecular flexibility index (Phi) is 4.33. The maximum atomic E-state index is 12.3. The molecule has 1 amide bonds. The second-order valence-electron chi connectivity index (χ2n) is 4.65. The van der Waals surface area contributed by atoms with Crippen molar-refractivity contribution in [1.82, 2.24) is 0 Å². The van der Waals surface area contributed by atoms with E-state index in [2.05, 4.69) is 5.32 Å². The molecule has 5 nitrogen and oxygen atoms in total. The summed E-state index contributed by atoms with van der Waals surface area (Å²) in [5.41, 5.74) is 8.47. The van der Waals surface area contributed by atoms with Crippen LogP contribution in [0.5, 0.6) is 11.5 Å². The van der Waals surface area contributed by atoms with Crippen LogP contribution in [0.3, 0.4) is 0 Å². The number of rotatable bonds is 4. The molecule has 0 fully saturated rings. The van der Waals surface area contributed by atoms with Gasteiger partial charge in [-0.1, -0.05) is 6.07 Å². The number of carbonyl (C=O) groups excluding carboxylic acids is 1. The third-order valence-electron chi connectivity index (χ3n) is 3.07. The Labute approximate surface area is 123 Å². The molecule has 0 spiro atoms. The lowest BCUT2D eigenvalue weighted by Crippen LogP contribution is -2.13. The summed E-state index contributed by atoms with van der Waals surface area (Å²) in [6.45, 7) is 1.94. The highest BCUT2D eigenvalue weighted by atomic mass is 16.5. The first kappa shape index (κ1) is 14.7. The molecule has 0 aliphatic rings. The summed E-state index contributed by atoms with van der Waals surface area (Å²) < 4.78 is 10.3. The SMILES string of the molecule is COc1cc(OC)cc(C(=O)Nc2ccc(C)cc2N)c1. The van der Waals surface area contributed by atoms with Gasteiger partial charge in [0.2, 0.25) is 0 Å². The van der Waals surface area contributed by atoms with Crippen molar-refractivity contribution in [3.8, 4) is 11.5 Å². The monoisotopic (exact) mass is 286 g/mol. The number of amides is 1. The molecule has 0 aliphatic heterocycles. The summed E-state index contributed by atoms with van der Waals surface area (Å²) in [6.07, 6.45) is 0. The minimum Gasteiger partial charge on any atom is -0.497 e. The van der Waals surface area contributed by atoms with E-state index in [1.54, 1.807) is 24.3 Å². The van der Waals surface area contributed by atoms with Crippen molar-refractivity contribution >= 4 is 17.3 Å². The summed E-state index contributed by atoms with van der Waals surface area (Å²) in [5, 5.41) is 2.78. The lowest BCUT2D eigenvalue weighted by atomic mass is 10.1. The third-order valence-corrected chi connectivity index (χ3v) is 3.07. The fraction of sp³-hybridized carbons (Fsp3) is 0.188. The number of benzene rings is 2. The Morgan fingerprint density at radius 1 is 1.05 bits per heavy atom. The van der Waals surface area contributed by atoms with Gasteiger partial charge in [-0.05, 0) is 36.8 Å². The van der Waals surface area contributed by atoms with Gasteiger partial charge in [-0.15, -0.1) is 0 Å². The van der Waals surface area contributed by atoms with Crippen LogP contribution in [0.1, 0.15) is 15.9 Å². The molecule has 0 aromatic heterocycles. The number of hydrogen-bond donors (Lipinski definition) is 2. The zero-order chi connectivity index (χ0) is 15.4. The van der Waals surface area contributed by atoms with Crippen LogP contribution in [0.4, 0.5) is 11.4 Å². The van der Waals surface area contributed by atoms with Crippen LogP contribution < -0.4 is 20.5 Å². The average Bonchev–Trinajstić information content (AvgIpc) is 2.49. The van der Waals surface area contributed by atoms with E-state index in [9.17, 15) is 4.79 Å². The number of nitrogen functional groups attached to an aromatic ring is 1. The molecule has 2 rings (SSSR count). The average molecular weight is 286 g/mol. The molecule has 0 unspecified atom stereocenters. The van der Waals surface area contributed by atoms with Crippen molar-refractivity contribution in [3.05, 3.63) is 47.5 Å². The third kappa shape index (κ3) is 3.45. The summed E-state index contributed by atoms with van der Waals surface area (Å²) in [6, 6.07) is 10.5. The number of carbonyl (C=O) groups is 1. The molecule has 5 heteroatoms. The van der Waals surface area contributed by atoms with Crippen LogP contribution in [0.25, 0.3) is 0 Å². The van der Waals surface area contributed by atoms with E-state index in [4.69, 9.17) is 15.2 Å². The lowest BCUT2D eigenvalue weighted by Gasteiger charge is -2.11. The van der Waals surface area contributed by atoms with Crippen molar-refractivity contribution in [2.24, 2.45) is 0 Å². The molecule has 0 saturated carbocycles. The highest BCUT2D eigenvalue weighted by Gasteiger charge is 2.11. The molecular formula is C16H18N2O3. The summed E-state index contributed by atoms with van der Waals surface area (Å²) in [4.78, 5) is 12.3. The normalized spacial score (nSPS) is 10.0. The second kappa shape index (κ2) is 6.17. The second-order valence-corrected chi connectivity index (χ2v) is 4.65. The minimum atomic E-state index is -0.275. The van der Waals surface area contributed by atoms with Gasteiger partial charge < -0.3 is 20.5 Å². The fourth-order valence-corrected chi connectivity index (χ4v) is 1.93. The molecule has 2 aromatic rings. The number of hydrogen-bond acceptors (Lipinski definition) is 4. The van der Waals surface area contributed by atoms with Crippen LogP contribution in [0, 0.1) is 6.92 Å². The summed E-state index contributed by atoms with van der Waals surface area (Å²) >= 11 is 0. The van der Waals surface area contributed by atoms with Gasteiger partial charge in [-0.25, -0.2) is 0 Å². The molecule has 110 valence electrons. The van der Waals surface area contributed by atoms with Gasteiger partial charge in [0.05, 0.1) is 25.6 Å². The molecule has 3 N–H and O–H groups in total. The highest BCUT2D eigenvalue weighted by Crippen LogP contribution is 2.25. The van der Waals surface area contributed by atoms with Gasteiger partial charge in [-0.2, -0.15) is 0 Å². The van der Waals surface area contributed by atoms with Gasteiger partial charge in [0.15, 0.2) is 0 Å². The van der Waals surface area contributed by atoms with Crippen molar-refractivity contribution in [2.45, 2.75) is 6.92 Å². The summed E-state index contributed by atoms with van der Waals surface area (Å²) in [7, 11) is 3.07. The van der Waals surface area contributed by atoms with Crippen molar-refractivity contribution < 1.29 is 14.3 Å². The van der Waals surface area contributed by atoms with Crippen LogP contribution in [-0.4, -0.2) is 20.1 Å². The molecule has 0 aliphatic carbocycles. The first-order chi connectivity index (χ1) is 10.0. The van der Waals surface area contributed by atoms with Crippen LogP contribution >= 0.6 is 0 Å². The standard InChI is InChI=1S/C16H18N2O3/c1-10-4-5-15(14(17)6-10)18-16(19)11-7-12(20-2)9-13(8-11)21-3/h4-9H,17H2,1-3H3,(H,18,19). The zero-order valence-corrected chi connectivity index (χ0v) is 12.3. The van der Waals surface area contributed by atoms with Crippen LogP contribution in [-0.2, 0) is 0 Å². The number of anilines is 2. The smallest absolute Gasteiger partial charge is 0.255 e. The molecule has 0 atom stereocenters. The number of nitrogens with two attached hydrogens (primary N) is 1. The fourth-order valence-electron chi connectivity index (χ4n) is 1.93. The van der Waals surface area contributed by atoms with E-state index < -0.39 is 0 Å². The predicted octanol–water partition coefficient (Wildman–Crippen LogP) is 2.85. The molecule has 0 heterocycles. The van der Waals surface area contributed by atoms with Gasteiger partial charge >= 0.3 is 0 Å². The molecule has 0 bridgehead atoms. The molecule has 0 saturated heterocycles. The van der Waals surface area contributed by atoms with Crippen molar-refractivity contribution in [2.75, 3.05) is 25.3 Å². The number of nitrogens with one attached hydrogen (secondary N) is 1. The van der Waals surface area contributed by atoms with Crippen LogP contribution in [0.15, 0.2) is 36.4 Å². The van der Waals surface area contributed by atoms with Gasteiger partial charge in [0.25, 0.3) is 5.91 Å². The minimum absolute atomic E-state index is 0.275. The maximum Gasteiger partial charge on any atom is 0.255 e. The first-order valence-electron chi connectivity index (χ1n) is 6.44. The Balaban J connectivity index is 2.27. The van der Waals surface area contributed by atoms with E-state index in [0.29, 0.717) is 28.4 Å². The van der Waals surface area contributed by atoms with Gasteiger partial charge in [0, 0.05) is 11.6 Å². The largest absolute Gasteiger partial charge is 0.497 e. The molecular weight excluding hydrogens is 268 g/mol. The quantitative estimate of drug-likeness (QED) is 0.848. The topological polar surface area (TPSA) is 73.6 Å². The van der Waals surface area contributed by atoms with E-state index >= 15 is 0 Å². The Morgan fingerprint density at radius 2 is 1.67 bits per heavy atom. The number of aryl methyl sites for hydroxylation is 1. The Morgan fingerprint density at radius 3 is 2.19 bits per heavy atom. The van der Waals surface area contributed by atoms with Gasteiger partial charge in [-0.3, -0.25) is 4.79 Å². The lowest BCUT2D eigenvalue weighted by molar-refractivity contribution is 0.102. The molecule has 0 radical (unpaired) electrons. The van der Waals surface area contributed by atoms with E-state index in [1.165, 1.54) is 14.2 Å². The van der Waals surface area contributed by atoms with E-state index in [-0.39, 0.29) is 5.91 Å². The summed E-state index contributed by atoms with van der Waals surface area (Å²) in [5.74, 6) is 0.829. The first-order valence-corrected chi connectivity index (χ1v) is 6.44. The Bertz CT molecular complexity index is 646. The van der Waals surface area contributed by atoms with E-state index in [1.807, 2.05) is 19.1 Å². The predicted molar refractivity (Wildman–Crippen MR) is 83.1 cm³/mol. The maximum absolute atomic E-state index is 12.3. The zero-order valence-electron chi connectivity index (χ0n) is 12.3. The molecule has 2 aromatic carbocycles. The Hall–Kier alpha value is -2.69. The van der Waals surface area contributed by atoms with E-state index in [0.717, 1.165) is 5.56 Å². The van der Waals surface area contributed by atoms with Gasteiger partial charge in [0.1, 0.15) is 11.5 Å². The number of ether oxygens (including phenoxy) is 2. The number of methoxy groups -OCH3 is 2. The van der Waals surface area contributed by atoms with Crippen molar-refractivity contribution in [3.63, 3.8) is 0 Å². The van der Waals surface area contributed by atoms with Crippen LogP contribution in [0.2, 0.25) is 0 Å². The highest BCUT2D eigenvalue weighted by molar-refractivity contribution is 6.06. The van der Waals surface area contributed by atoms with Crippen molar-refractivity contribution in [1.29, 1.82) is 0 Å².